The van der Waals surface area contributed by atoms with Gasteiger partial charge in [0.25, 0.3) is 0 Å². The number of benzene rings is 2. The Kier molecular flexibility index (Phi) is 10.4. The van der Waals surface area contributed by atoms with Gasteiger partial charge < -0.3 is 29.6 Å². The predicted molar refractivity (Wildman–Crippen MR) is 134 cm³/mol. The third-order valence-corrected chi connectivity index (χ3v) is 5.21. The van der Waals surface area contributed by atoms with Crippen molar-refractivity contribution in [2.45, 2.75) is 26.4 Å². The number of hydrogen-bond acceptors (Lipinski definition) is 7. The number of ketones is 1. The Morgan fingerprint density at radius 3 is 2.44 bits per heavy atom. The monoisotopic (exact) mass is 489 g/mol. The summed E-state index contributed by atoms with van der Waals surface area (Å²) >= 11 is 0. The first kappa shape index (κ1) is 27.2. The zero-order valence-electron chi connectivity index (χ0n) is 19.9. The average Bonchev–Trinajstić information content (AvgIpc) is 3.22. The lowest BCUT2D eigenvalue weighted by Gasteiger charge is -2.14. The van der Waals surface area contributed by atoms with Gasteiger partial charge in [-0.3, -0.25) is 4.79 Å². The maximum Gasteiger partial charge on any atom is 0.179 e. The normalized spacial score (nSPS) is 11.4. The number of nitrogens with one attached hydrogen (secondary N) is 2. The lowest BCUT2D eigenvalue weighted by Crippen LogP contribution is -2.32. The Morgan fingerprint density at radius 1 is 1.12 bits per heavy atom. The molecule has 0 aliphatic heterocycles. The van der Waals surface area contributed by atoms with Crippen molar-refractivity contribution in [3.63, 3.8) is 0 Å². The standard InChI is InChI=1S/C25H31N3O5.ClH/c1-16-24(17(2)29)28-25(27-16)19-6-8-21(9-7-19)33-15-20(30)14-26-12-11-18-5-10-22(31-3)23(13-18)32-4;/h5-10,13,20,26,30H,11-12,14-15H2,1-4H3,(H,27,28);1H. The molecule has 3 aromatic rings. The number of imidazole rings is 1. The van der Waals surface area contributed by atoms with E-state index in [1.165, 1.54) is 6.92 Å². The molecule has 184 valence electrons. The number of methoxy groups -OCH3 is 2. The number of Topliss-reactive ketones (excluding diaryl/α,β-unsaturated/α-hetero) is 1. The summed E-state index contributed by atoms with van der Waals surface area (Å²) in [6.45, 7) is 4.64. The number of nitrogens with zero attached hydrogens (tertiary/aromatic N) is 1. The van der Waals surface area contributed by atoms with Crippen LogP contribution in [0, 0.1) is 6.92 Å². The van der Waals surface area contributed by atoms with Crippen LogP contribution in [0.3, 0.4) is 0 Å². The minimum Gasteiger partial charge on any atom is -0.493 e. The van der Waals surface area contributed by atoms with E-state index in [1.807, 2.05) is 49.4 Å². The van der Waals surface area contributed by atoms with Gasteiger partial charge in [0.2, 0.25) is 0 Å². The fourth-order valence-corrected chi connectivity index (χ4v) is 3.44. The fourth-order valence-electron chi connectivity index (χ4n) is 3.44. The highest BCUT2D eigenvalue weighted by Gasteiger charge is 2.12. The number of aromatic amines is 1. The van der Waals surface area contributed by atoms with E-state index < -0.39 is 6.10 Å². The molecule has 9 heteroatoms. The molecule has 0 radical (unpaired) electrons. The molecule has 0 aliphatic rings. The van der Waals surface area contributed by atoms with Crippen LogP contribution in [0.1, 0.15) is 28.7 Å². The largest absolute Gasteiger partial charge is 0.493 e. The summed E-state index contributed by atoms with van der Waals surface area (Å²) in [6, 6.07) is 13.2. The average molecular weight is 490 g/mol. The number of aromatic nitrogens is 2. The van der Waals surface area contributed by atoms with Gasteiger partial charge in [-0.1, -0.05) is 6.07 Å². The lowest BCUT2D eigenvalue weighted by molar-refractivity contribution is 0.101. The molecule has 1 heterocycles. The fraction of sp³-hybridized carbons (Fsp3) is 0.360. The van der Waals surface area contributed by atoms with Gasteiger partial charge >= 0.3 is 0 Å². The zero-order valence-corrected chi connectivity index (χ0v) is 20.7. The van der Waals surface area contributed by atoms with Gasteiger partial charge in [0.15, 0.2) is 17.3 Å². The van der Waals surface area contributed by atoms with E-state index in [0.29, 0.717) is 41.9 Å². The van der Waals surface area contributed by atoms with E-state index in [-0.39, 0.29) is 24.8 Å². The van der Waals surface area contributed by atoms with Crippen molar-refractivity contribution in [3.05, 3.63) is 59.4 Å². The molecule has 0 bridgehead atoms. The summed E-state index contributed by atoms with van der Waals surface area (Å²) in [7, 11) is 3.23. The number of rotatable bonds is 12. The Labute approximate surface area is 206 Å². The van der Waals surface area contributed by atoms with Crippen LogP contribution in [0.5, 0.6) is 17.2 Å². The number of H-pyrrole nitrogens is 1. The minimum atomic E-state index is -0.638. The van der Waals surface area contributed by atoms with E-state index >= 15 is 0 Å². The van der Waals surface area contributed by atoms with Crippen LogP contribution in [0.2, 0.25) is 0 Å². The summed E-state index contributed by atoms with van der Waals surface area (Å²) in [5.41, 5.74) is 3.18. The number of carbonyl (C=O) groups is 1. The Bertz CT molecular complexity index is 1070. The lowest BCUT2D eigenvalue weighted by atomic mass is 10.1. The molecule has 0 saturated carbocycles. The van der Waals surface area contributed by atoms with Crippen LogP contribution < -0.4 is 19.5 Å². The maximum atomic E-state index is 11.6. The van der Waals surface area contributed by atoms with Crippen LogP contribution in [0.15, 0.2) is 42.5 Å². The molecule has 8 nitrogen and oxygen atoms in total. The Balaban J connectivity index is 0.00000408. The van der Waals surface area contributed by atoms with E-state index in [1.54, 1.807) is 14.2 Å². The molecule has 3 N–H and O–H groups in total. The van der Waals surface area contributed by atoms with Gasteiger partial charge in [0.1, 0.15) is 30.0 Å². The van der Waals surface area contributed by atoms with Crippen LogP contribution in [-0.2, 0) is 6.42 Å². The Hall–Kier alpha value is -3.07. The summed E-state index contributed by atoms with van der Waals surface area (Å²) in [4.78, 5) is 19.1. The first-order chi connectivity index (χ1) is 15.9. The number of aryl methyl sites for hydroxylation is 1. The van der Waals surface area contributed by atoms with Crippen molar-refractivity contribution in [2.24, 2.45) is 0 Å². The van der Waals surface area contributed by atoms with Gasteiger partial charge in [-0.25, -0.2) is 4.98 Å². The van der Waals surface area contributed by atoms with Crippen LogP contribution in [0.4, 0.5) is 0 Å². The van der Waals surface area contributed by atoms with E-state index in [9.17, 15) is 9.90 Å². The number of hydrogen-bond donors (Lipinski definition) is 3. The number of carbonyl (C=O) groups excluding carboxylic acids is 1. The van der Waals surface area contributed by atoms with Crippen LogP contribution in [0.25, 0.3) is 11.4 Å². The highest BCUT2D eigenvalue weighted by atomic mass is 35.5. The molecule has 1 aromatic heterocycles. The molecule has 0 aliphatic carbocycles. The zero-order chi connectivity index (χ0) is 23.8. The second-order valence-corrected chi connectivity index (χ2v) is 7.75. The molecule has 2 aromatic carbocycles. The van der Waals surface area contributed by atoms with Gasteiger partial charge in [0, 0.05) is 24.7 Å². The third kappa shape index (κ3) is 7.21. The van der Waals surface area contributed by atoms with E-state index in [4.69, 9.17) is 14.2 Å². The first-order valence-electron chi connectivity index (χ1n) is 10.8. The SMILES string of the molecule is COc1ccc(CCNCC(O)COc2ccc(-c3nc(C(C)=O)c(C)[nH]3)cc2)cc1OC.Cl. The van der Waals surface area contributed by atoms with Gasteiger partial charge in [-0.15, -0.1) is 12.4 Å². The smallest absolute Gasteiger partial charge is 0.179 e. The molecule has 0 saturated heterocycles. The molecule has 0 fully saturated rings. The minimum absolute atomic E-state index is 0. The molecular weight excluding hydrogens is 458 g/mol. The molecule has 1 atom stereocenters. The molecule has 0 spiro atoms. The third-order valence-electron chi connectivity index (χ3n) is 5.21. The quantitative estimate of drug-likeness (QED) is 0.263. The van der Waals surface area contributed by atoms with Gasteiger partial charge in [-0.2, -0.15) is 0 Å². The number of aliphatic hydroxyl groups excluding tert-OH is 1. The molecule has 34 heavy (non-hydrogen) atoms. The van der Waals surface area contributed by atoms with E-state index in [2.05, 4.69) is 15.3 Å². The topological polar surface area (TPSA) is 106 Å². The van der Waals surface area contributed by atoms with Crippen molar-refractivity contribution in [1.29, 1.82) is 0 Å². The van der Waals surface area contributed by atoms with E-state index in [0.717, 1.165) is 23.2 Å². The summed E-state index contributed by atoms with van der Waals surface area (Å²) in [6.07, 6.45) is 0.161. The highest BCUT2D eigenvalue weighted by Crippen LogP contribution is 2.27. The summed E-state index contributed by atoms with van der Waals surface area (Å²) in [5, 5.41) is 13.4. The van der Waals surface area contributed by atoms with Crippen molar-refractivity contribution in [2.75, 3.05) is 33.9 Å². The molecule has 3 rings (SSSR count). The van der Waals surface area contributed by atoms with Crippen LogP contribution >= 0.6 is 12.4 Å². The number of ether oxygens (including phenoxy) is 3. The second-order valence-electron chi connectivity index (χ2n) is 7.75. The first-order valence-corrected chi connectivity index (χ1v) is 10.8. The molecule has 0 amide bonds. The Morgan fingerprint density at radius 2 is 1.82 bits per heavy atom. The number of aliphatic hydroxyl groups is 1. The highest BCUT2D eigenvalue weighted by molar-refractivity contribution is 5.93. The number of halogens is 1. The summed E-state index contributed by atoms with van der Waals surface area (Å²) < 4.78 is 16.3. The van der Waals surface area contributed by atoms with Crippen molar-refractivity contribution < 1.29 is 24.1 Å². The predicted octanol–water partition coefficient (Wildman–Crippen LogP) is 3.60. The molecule has 1 unspecified atom stereocenters. The maximum absolute atomic E-state index is 11.6. The van der Waals surface area contributed by atoms with Crippen molar-refractivity contribution >= 4 is 18.2 Å². The molecular formula is C25H32ClN3O5. The van der Waals surface area contributed by atoms with Gasteiger partial charge in [0.05, 0.1) is 14.2 Å². The van der Waals surface area contributed by atoms with Gasteiger partial charge in [-0.05, 0) is 61.9 Å². The summed E-state index contributed by atoms with van der Waals surface area (Å²) in [5.74, 6) is 2.63. The van der Waals surface area contributed by atoms with Crippen molar-refractivity contribution in [1.82, 2.24) is 15.3 Å². The van der Waals surface area contributed by atoms with Crippen molar-refractivity contribution in [3.8, 4) is 28.6 Å². The van der Waals surface area contributed by atoms with Crippen LogP contribution in [-0.4, -0.2) is 60.9 Å². The second kappa shape index (κ2) is 13.0.